The van der Waals surface area contributed by atoms with Crippen LogP contribution in [0.15, 0.2) is 30.3 Å². The Morgan fingerprint density at radius 2 is 1.06 bits per heavy atom. The van der Waals surface area contributed by atoms with Gasteiger partial charge < -0.3 is 0 Å². The molecule has 2 rings (SSSR count). The molecule has 6 heteroatoms. The number of hydrogen-bond acceptors (Lipinski definition) is 0. The summed E-state index contributed by atoms with van der Waals surface area (Å²) in [7, 11) is -0.633. The molecular formula is C12H6F5P. The molecule has 1 atom stereocenters. The second kappa shape index (κ2) is 5.02. The summed E-state index contributed by atoms with van der Waals surface area (Å²) in [5.74, 6) is -9.49. The Bertz CT molecular complexity index is 554. The number of halogens is 5. The number of benzene rings is 2. The molecule has 0 saturated carbocycles. The summed E-state index contributed by atoms with van der Waals surface area (Å²) < 4.78 is 65.5. The van der Waals surface area contributed by atoms with Crippen molar-refractivity contribution in [2.24, 2.45) is 0 Å². The predicted octanol–water partition coefficient (Wildman–Crippen LogP) is 3.01. The van der Waals surface area contributed by atoms with E-state index in [1.807, 2.05) is 0 Å². The van der Waals surface area contributed by atoms with Crippen LogP contribution in [0.4, 0.5) is 22.0 Å². The number of hydrogen-bond donors (Lipinski definition) is 0. The summed E-state index contributed by atoms with van der Waals surface area (Å²) in [6, 6.07) is 8.03. The van der Waals surface area contributed by atoms with Gasteiger partial charge in [0.1, 0.15) is 0 Å². The summed E-state index contributed by atoms with van der Waals surface area (Å²) in [4.78, 5) is 0. The van der Waals surface area contributed by atoms with E-state index >= 15 is 0 Å². The van der Waals surface area contributed by atoms with E-state index in [1.165, 1.54) is 0 Å². The second-order valence-electron chi connectivity index (χ2n) is 3.44. The van der Waals surface area contributed by atoms with Gasteiger partial charge in [-0.2, -0.15) is 0 Å². The molecule has 0 aromatic heterocycles. The Balaban J connectivity index is 2.52. The molecule has 0 bridgehead atoms. The third-order valence-corrected chi connectivity index (χ3v) is 3.56. The monoisotopic (exact) mass is 276 g/mol. The van der Waals surface area contributed by atoms with Gasteiger partial charge in [-0.15, -0.1) is 0 Å². The lowest BCUT2D eigenvalue weighted by atomic mass is 10.3. The van der Waals surface area contributed by atoms with Crippen molar-refractivity contribution in [1.82, 2.24) is 0 Å². The van der Waals surface area contributed by atoms with Crippen LogP contribution in [0.3, 0.4) is 0 Å². The Labute approximate surface area is 101 Å². The van der Waals surface area contributed by atoms with Crippen LogP contribution < -0.4 is 10.6 Å². The Hall–Kier alpha value is -1.48. The molecular weight excluding hydrogens is 270 g/mol. The smallest absolute Gasteiger partial charge is 0.200 e. The average molecular weight is 276 g/mol. The molecule has 94 valence electrons. The van der Waals surface area contributed by atoms with Crippen molar-refractivity contribution < 1.29 is 22.0 Å². The first kappa shape index (κ1) is 13.0. The highest BCUT2D eigenvalue weighted by atomic mass is 31.1. The molecule has 0 amide bonds. The van der Waals surface area contributed by atoms with Crippen LogP contribution in [0.2, 0.25) is 0 Å². The Morgan fingerprint density at radius 1 is 0.611 bits per heavy atom. The molecule has 0 saturated heterocycles. The maximum absolute atomic E-state index is 13.4. The van der Waals surface area contributed by atoms with Gasteiger partial charge >= 0.3 is 0 Å². The molecule has 0 radical (unpaired) electrons. The fraction of sp³-hybridized carbons (Fsp3) is 0. The largest absolute Gasteiger partial charge is 0.203 e. The van der Waals surface area contributed by atoms with Crippen LogP contribution in [0, 0.1) is 29.1 Å². The van der Waals surface area contributed by atoms with Gasteiger partial charge in [0.25, 0.3) is 0 Å². The van der Waals surface area contributed by atoms with Crippen LogP contribution in [0.1, 0.15) is 0 Å². The van der Waals surface area contributed by atoms with Crippen molar-refractivity contribution in [3.63, 3.8) is 0 Å². The van der Waals surface area contributed by atoms with Gasteiger partial charge in [-0.3, -0.25) is 0 Å². The quantitative estimate of drug-likeness (QED) is 0.342. The molecule has 0 aliphatic carbocycles. The minimum Gasteiger partial charge on any atom is -0.203 e. The first-order valence-corrected chi connectivity index (χ1v) is 5.86. The maximum atomic E-state index is 13.4. The van der Waals surface area contributed by atoms with Crippen LogP contribution in [-0.4, -0.2) is 0 Å². The summed E-state index contributed by atoms with van der Waals surface area (Å²) in [5.41, 5.74) is 0. The molecule has 0 aliphatic heterocycles. The van der Waals surface area contributed by atoms with E-state index in [2.05, 4.69) is 0 Å². The molecule has 0 heterocycles. The van der Waals surface area contributed by atoms with Crippen molar-refractivity contribution in [2.75, 3.05) is 0 Å². The van der Waals surface area contributed by atoms with Crippen LogP contribution >= 0.6 is 8.58 Å². The van der Waals surface area contributed by atoms with Crippen LogP contribution in [0.25, 0.3) is 0 Å². The lowest BCUT2D eigenvalue weighted by Crippen LogP contribution is -2.18. The Morgan fingerprint density at radius 3 is 1.56 bits per heavy atom. The van der Waals surface area contributed by atoms with E-state index in [9.17, 15) is 22.0 Å². The van der Waals surface area contributed by atoms with Crippen LogP contribution in [-0.2, 0) is 0 Å². The highest BCUT2D eigenvalue weighted by Crippen LogP contribution is 2.22. The fourth-order valence-corrected chi connectivity index (χ4v) is 2.47. The fourth-order valence-electron chi connectivity index (χ4n) is 1.38. The summed E-state index contributed by atoms with van der Waals surface area (Å²) >= 11 is 0. The average Bonchev–Trinajstić information content (AvgIpc) is 2.40. The summed E-state index contributed by atoms with van der Waals surface area (Å²) in [6.45, 7) is 0. The van der Waals surface area contributed by atoms with E-state index < -0.39 is 43.0 Å². The maximum Gasteiger partial charge on any atom is 0.200 e. The zero-order chi connectivity index (χ0) is 13.3. The van der Waals surface area contributed by atoms with Gasteiger partial charge in [0, 0.05) is 0 Å². The van der Waals surface area contributed by atoms with Crippen molar-refractivity contribution in [3.8, 4) is 0 Å². The van der Waals surface area contributed by atoms with Crippen molar-refractivity contribution in [3.05, 3.63) is 59.4 Å². The van der Waals surface area contributed by atoms with Crippen molar-refractivity contribution in [1.29, 1.82) is 0 Å². The Kier molecular flexibility index (Phi) is 3.62. The zero-order valence-electron chi connectivity index (χ0n) is 8.78. The van der Waals surface area contributed by atoms with Crippen molar-refractivity contribution >= 4 is 19.2 Å². The zero-order valence-corrected chi connectivity index (χ0v) is 9.78. The molecule has 0 N–H and O–H groups in total. The molecule has 0 aliphatic rings. The standard InChI is InChI=1S/C12H6F5P/c13-7-8(14)10(16)12(11(17)9(7)15)18-6-4-2-1-3-5-6/h1-5,18H. The van der Waals surface area contributed by atoms with E-state index in [0.717, 1.165) is 0 Å². The molecule has 0 fully saturated rings. The van der Waals surface area contributed by atoms with Gasteiger partial charge in [0.2, 0.25) is 5.82 Å². The van der Waals surface area contributed by atoms with E-state index in [-0.39, 0.29) is 0 Å². The molecule has 1 unspecified atom stereocenters. The van der Waals surface area contributed by atoms with E-state index in [4.69, 9.17) is 0 Å². The minimum absolute atomic E-state index is 0.487. The first-order chi connectivity index (χ1) is 8.52. The molecule has 18 heavy (non-hydrogen) atoms. The van der Waals surface area contributed by atoms with Gasteiger partial charge in [0.15, 0.2) is 23.3 Å². The van der Waals surface area contributed by atoms with Gasteiger partial charge in [-0.05, 0) is 5.30 Å². The second-order valence-corrected chi connectivity index (χ2v) is 4.76. The molecule has 0 spiro atoms. The lowest BCUT2D eigenvalue weighted by molar-refractivity contribution is 0.384. The van der Waals surface area contributed by atoms with Gasteiger partial charge in [-0.25, -0.2) is 22.0 Å². The third kappa shape index (κ3) is 2.23. The van der Waals surface area contributed by atoms with E-state index in [1.54, 1.807) is 30.3 Å². The highest BCUT2D eigenvalue weighted by molar-refractivity contribution is 7.55. The van der Waals surface area contributed by atoms with Gasteiger partial charge in [-0.1, -0.05) is 38.9 Å². The number of rotatable bonds is 2. The highest BCUT2D eigenvalue weighted by Gasteiger charge is 2.25. The predicted molar refractivity (Wildman–Crippen MR) is 60.3 cm³/mol. The summed E-state index contributed by atoms with van der Waals surface area (Å²) in [5, 5.41) is -0.307. The van der Waals surface area contributed by atoms with Gasteiger partial charge in [0.05, 0.1) is 5.30 Å². The molecule has 2 aromatic rings. The SMILES string of the molecule is Fc1c(F)c(F)c(Pc2ccccc2)c(F)c1F. The van der Waals surface area contributed by atoms with E-state index in [0.29, 0.717) is 5.30 Å². The van der Waals surface area contributed by atoms with Crippen LogP contribution in [0.5, 0.6) is 0 Å². The third-order valence-electron chi connectivity index (χ3n) is 2.25. The molecule has 2 aromatic carbocycles. The summed E-state index contributed by atoms with van der Waals surface area (Å²) in [6.07, 6.45) is 0. The lowest BCUT2D eigenvalue weighted by Gasteiger charge is -2.08. The first-order valence-electron chi connectivity index (χ1n) is 4.86. The normalized spacial score (nSPS) is 11.4. The molecule has 0 nitrogen and oxygen atoms in total. The van der Waals surface area contributed by atoms with Crippen molar-refractivity contribution in [2.45, 2.75) is 0 Å². The minimum atomic E-state index is -2.13. The topological polar surface area (TPSA) is 0 Å².